The Labute approximate surface area is 154 Å². The second-order valence-electron chi connectivity index (χ2n) is 6.29. The molecule has 0 saturated carbocycles. The van der Waals surface area contributed by atoms with Crippen molar-refractivity contribution in [3.8, 4) is 0 Å². The Morgan fingerprint density at radius 3 is 2.42 bits per heavy atom. The summed E-state index contributed by atoms with van der Waals surface area (Å²) in [6, 6.07) is 12.7. The van der Waals surface area contributed by atoms with Crippen molar-refractivity contribution in [2.75, 3.05) is 24.5 Å². The van der Waals surface area contributed by atoms with Crippen molar-refractivity contribution in [2.24, 2.45) is 5.92 Å². The molecular formula is C19H23N3O3S. The van der Waals surface area contributed by atoms with E-state index in [1.807, 2.05) is 37.3 Å². The van der Waals surface area contributed by atoms with Gasteiger partial charge in [0.15, 0.2) is 0 Å². The Hall–Kier alpha value is -2.25. The minimum atomic E-state index is -3.54. The van der Waals surface area contributed by atoms with Crippen LogP contribution in [0.5, 0.6) is 0 Å². The van der Waals surface area contributed by atoms with Crippen LogP contribution in [0.3, 0.4) is 0 Å². The van der Waals surface area contributed by atoms with Gasteiger partial charge in [-0.2, -0.15) is 4.31 Å². The van der Waals surface area contributed by atoms with E-state index in [0.29, 0.717) is 32.5 Å². The number of amides is 1. The van der Waals surface area contributed by atoms with E-state index in [0.717, 1.165) is 5.69 Å². The van der Waals surface area contributed by atoms with Crippen LogP contribution in [0.1, 0.15) is 19.8 Å². The summed E-state index contributed by atoms with van der Waals surface area (Å²) in [6.07, 6.45) is 3.97. The molecule has 1 amide bonds. The van der Waals surface area contributed by atoms with Gasteiger partial charge < -0.3 is 4.90 Å². The van der Waals surface area contributed by atoms with Crippen molar-refractivity contribution in [3.05, 3.63) is 54.9 Å². The number of pyridine rings is 1. The largest absolute Gasteiger partial charge is 0.312 e. The molecule has 0 unspecified atom stereocenters. The Bertz CT molecular complexity index is 833. The molecule has 1 aromatic heterocycles. The number of hydrogen-bond acceptors (Lipinski definition) is 4. The lowest BCUT2D eigenvalue weighted by molar-refractivity contribution is -0.123. The minimum absolute atomic E-state index is 0.0668. The van der Waals surface area contributed by atoms with E-state index in [1.165, 1.54) is 10.5 Å². The third-order valence-corrected chi connectivity index (χ3v) is 6.61. The topological polar surface area (TPSA) is 70.6 Å². The van der Waals surface area contributed by atoms with E-state index in [2.05, 4.69) is 4.98 Å². The van der Waals surface area contributed by atoms with Gasteiger partial charge in [0.05, 0.1) is 0 Å². The van der Waals surface area contributed by atoms with Gasteiger partial charge in [-0.1, -0.05) is 18.2 Å². The quantitative estimate of drug-likeness (QED) is 0.807. The van der Waals surface area contributed by atoms with Gasteiger partial charge >= 0.3 is 0 Å². The molecule has 26 heavy (non-hydrogen) atoms. The van der Waals surface area contributed by atoms with Crippen LogP contribution in [-0.4, -0.2) is 43.2 Å². The van der Waals surface area contributed by atoms with E-state index in [-0.39, 0.29) is 16.7 Å². The van der Waals surface area contributed by atoms with Crippen molar-refractivity contribution in [1.82, 2.24) is 9.29 Å². The van der Waals surface area contributed by atoms with Gasteiger partial charge in [-0.3, -0.25) is 9.78 Å². The SMILES string of the molecule is CCN(C(=O)C1CCN(S(=O)(=O)c2cccnc2)CC1)c1ccccc1. The average molecular weight is 373 g/mol. The van der Waals surface area contributed by atoms with E-state index in [4.69, 9.17) is 0 Å². The zero-order chi connectivity index (χ0) is 18.6. The molecule has 1 aromatic carbocycles. The molecule has 0 radical (unpaired) electrons. The highest BCUT2D eigenvalue weighted by Crippen LogP contribution is 2.26. The maximum Gasteiger partial charge on any atom is 0.244 e. The van der Waals surface area contributed by atoms with Gasteiger partial charge in [-0.05, 0) is 44.0 Å². The molecule has 1 fully saturated rings. The van der Waals surface area contributed by atoms with Crippen molar-refractivity contribution < 1.29 is 13.2 Å². The molecule has 0 atom stereocenters. The molecule has 1 saturated heterocycles. The summed E-state index contributed by atoms with van der Waals surface area (Å²) in [7, 11) is -3.54. The Morgan fingerprint density at radius 2 is 1.85 bits per heavy atom. The summed E-state index contributed by atoms with van der Waals surface area (Å²) in [5.41, 5.74) is 0.880. The molecule has 0 bridgehead atoms. The van der Waals surface area contributed by atoms with Crippen LogP contribution in [-0.2, 0) is 14.8 Å². The first kappa shape index (κ1) is 18.5. The number of piperidine rings is 1. The zero-order valence-corrected chi connectivity index (χ0v) is 15.6. The lowest BCUT2D eigenvalue weighted by Crippen LogP contribution is -2.44. The molecule has 2 heterocycles. The average Bonchev–Trinajstić information content (AvgIpc) is 2.70. The third-order valence-electron chi connectivity index (χ3n) is 4.73. The molecule has 1 aliphatic rings. The highest BCUT2D eigenvalue weighted by molar-refractivity contribution is 7.89. The van der Waals surface area contributed by atoms with Crippen LogP contribution in [0.2, 0.25) is 0 Å². The number of benzene rings is 1. The molecule has 2 aromatic rings. The normalized spacial score (nSPS) is 16.3. The molecule has 0 aliphatic carbocycles. The fourth-order valence-electron chi connectivity index (χ4n) is 3.29. The van der Waals surface area contributed by atoms with Crippen LogP contribution in [0.25, 0.3) is 0 Å². The third kappa shape index (κ3) is 3.78. The fourth-order valence-corrected chi connectivity index (χ4v) is 4.72. The lowest BCUT2D eigenvalue weighted by atomic mass is 9.96. The zero-order valence-electron chi connectivity index (χ0n) is 14.8. The summed E-state index contributed by atoms with van der Waals surface area (Å²) in [5.74, 6) is -0.0902. The molecule has 0 spiro atoms. The summed E-state index contributed by atoms with van der Waals surface area (Å²) < 4.78 is 26.8. The van der Waals surface area contributed by atoms with Crippen LogP contribution < -0.4 is 4.90 Å². The standard InChI is InChI=1S/C19H23N3O3S/c1-2-22(17-7-4-3-5-8-17)19(23)16-10-13-21(14-11-16)26(24,25)18-9-6-12-20-15-18/h3-9,12,15-16H,2,10-11,13-14H2,1H3. The second-order valence-corrected chi connectivity index (χ2v) is 8.22. The highest BCUT2D eigenvalue weighted by Gasteiger charge is 2.33. The van der Waals surface area contributed by atoms with Gasteiger partial charge in [-0.15, -0.1) is 0 Å². The Balaban J connectivity index is 1.67. The molecule has 3 rings (SSSR count). The molecule has 6 nitrogen and oxygen atoms in total. The first-order chi connectivity index (χ1) is 12.5. The van der Waals surface area contributed by atoms with Gasteiger partial charge in [0.25, 0.3) is 0 Å². The molecule has 0 N–H and O–H groups in total. The number of hydrogen-bond donors (Lipinski definition) is 0. The summed E-state index contributed by atoms with van der Waals surface area (Å²) in [5, 5.41) is 0. The summed E-state index contributed by atoms with van der Waals surface area (Å²) in [4.78, 5) is 18.8. The van der Waals surface area contributed by atoms with Crippen LogP contribution in [0, 0.1) is 5.92 Å². The Kier molecular flexibility index (Phi) is 5.68. The maximum atomic E-state index is 12.9. The minimum Gasteiger partial charge on any atom is -0.312 e. The smallest absolute Gasteiger partial charge is 0.244 e. The van der Waals surface area contributed by atoms with E-state index in [1.54, 1.807) is 23.2 Å². The van der Waals surface area contributed by atoms with Crippen LogP contribution in [0.15, 0.2) is 59.8 Å². The van der Waals surface area contributed by atoms with Crippen molar-refractivity contribution in [3.63, 3.8) is 0 Å². The first-order valence-electron chi connectivity index (χ1n) is 8.80. The first-order valence-corrected chi connectivity index (χ1v) is 10.2. The van der Waals surface area contributed by atoms with Crippen molar-refractivity contribution >= 4 is 21.6 Å². The maximum absolute atomic E-state index is 12.9. The molecule has 1 aliphatic heterocycles. The number of nitrogens with zero attached hydrogens (tertiary/aromatic N) is 3. The van der Waals surface area contributed by atoms with Crippen molar-refractivity contribution in [1.29, 1.82) is 0 Å². The number of rotatable bonds is 5. The van der Waals surface area contributed by atoms with E-state index in [9.17, 15) is 13.2 Å². The van der Waals surface area contributed by atoms with Gasteiger partial charge in [-0.25, -0.2) is 8.42 Å². The fraction of sp³-hybridized carbons (Fsp3) is 0.368. The summed E-state index contributed by atoms with van der Waals surface area (Å²) in [6.45, 7) is 3.24. The number of anilines is 1. The number of carbonyl (C=O) groups is 1. The monoisotopic (exact) mass is 373 g/mol. The predicted octanol–water partition coefficient (Wildman–Crippen LogP) is 2.54. The van der Waals surface area contributed by atoms with E-state index < -0.39 is 10.0 Å². The van der Waals surface area contributed by atoms with Gasteiger partial charge in [0.2, 0.25) is 15.9 Å². The number of aromatic nitrogens is 1. The predicted molar refractivity (Wildman–Crippen MR) is 100 cm³/mol. The number of carbonyl (C=O) groups excluding carboxylic acids is 1. The van der Waals surface area contributed by atoms with E-state index >= 15 is 0 Å². The second kappa shape index (κ2) is 7.97. The van der Waals surface area contributed by atoms with Crippen LogP contribution in [0.4, 0.5) is 5.69 Å². The van der Waals surface area contributed by atoms with Gasteiger partial charge in [0, 0.05) is 43.6 Å². The lowest BCUT2D eigenvalue weighted by Gasteiger charge is -2.33. The molecular weight excluding hydrogens is 350 g/mol. The molecule has 138 valence electrons. The number of para-hydroxylation sites is 1. The van der Waals surface area contributed by atoms with Gasteiger partial charge in [0.1, 0.15) is 4.90 Å². The molecule has 7 heteroatoms. The summed E-state index contributed by atoms with van der Waals surface area (Å²) >= 11 is 0. The van der Waals surface area contributed by atoms with Crippen molar-refractivity contribution in [2.45, 2.75) is 24.7 Å². The highest BCUT2D eigenvalue weighted by atomic mass is 32.2. The van der Waals surface area contributed by atoms with Crippen LogP contribution >= 0.6 is 0 Å². The number of sulfonamides is 1. The Morgan fingerprint density at radius 1 is 1.15 bits per heavy atom.